The van der Waals surface area contributed by atoms with Crippen LogP contribution in [0.15, 0.2) is 174 Å². The zero-order valence-electron chi connectivity index (χ0n) is 25.0. The molecule has 216 valence electrons. The summed E-state index contributed by atoms with van der Waals surface area (Å²) in [5, 5.41) is 3.44. The number of pyridine rings is 1. The fourth-order valence-corrected chi connectivity index (χ4v) is 6.63. The van der Waals surface area contributed by atoms with Crippen LogP contribution >= 0.6 is 0 Å². The normalized spacial score (nSPS) is 11.5. The lowest BCUT2D eigenvalue weighted by molar-refractivity contribution is 0.619. The molecule has 0 N–H and O–H groups in total. The number of hydrogen-bond acceptors (Lipinski definition) is 2. The number of para-hydroxylation sites is 1. The third-order valence-corrected chi connectivity index (χ3v) is 8.90. The molecule has 0 radical (unpaired) electrons. The fourth-order valence-electron chi connectivity index (χ4n) is 6.63. The lowest BCUT2D eigenvalue weighted by Crippen LogP contribution is -1.95. The minimum Gasteiger partial charge on any atom is -0.464 e. The van der Waals surface area contributed by atoms with E-state index in [1.165, 1.54) is 16.5 Å². The van der Waals surface area contributed by atoms with Gasteiger partial charge in [0.1, 0.15) is 5.58 Å². The molecule has 0 unspecified atom stereocenters. The van der Waals surface area contributed by atoms with Crippen LogP contribution in [0.4, 0.5) is 0 Å². The molecule has 0 saturated carbocycles. The molecule has 0 bridgehead atoms. The SMILES string of the molecule is c1ccc(-c2ccc(-c3cc(-c4ccccc4)nc(-c4ccc(-n5c6ccccc6c6c7occc7ccc65)cc4)c3)cc2)cc1. The highest BCUT2D eigenvalue weighted by Crippen LogP contribution is 2.38. The summed E-state index contributed by atoms with van der Waals surface area (Å²) in [6.07, 6.45) is 1.77. The van der Waals surface area contributed by atoms with E-state index in [2.05, 4.69) is 156 Å². The second kappa shape index (κ2) is 10.8. The van der Waals surface area contributed by atoms with Crippen molar-refractivity contribution in [2.24, 2.45) is 0 Å². The molecule has 3 aromatic heterocycles. The molecule has 6 aromatic carbocycles. The highest BCUT2D eigenvalue weighted by atomic mass is 16.3. The first-order valence-corrected chi connectivity index (χ1v) is 15.5. The second-order valence-electron chi connectivity index (χ2n) is 11.6. The summed E-state index contributed by atoms with van der Waals surface area (Å²) in [6, 6.07) is 57.8. The number of furan rings is 1. The van der Waals surface area contributed by atoms with Gasteiger partial charge in [-0.2, -0.15) is 0 Å². The summed E-state index contributed by atoms with van der Waals surface area (Å²) >= 11 is 0. The van der Waals surface area contributed by atoms with Crippen LogP contribution in [-0.2, 0) is 0 Å². The van der Waals surface area contributed by atoms with Gasteiger partial charge in [0.15, 0.2) is 0 Å². The van der Waals surface area contributed by atoms with E-state index < -0.39 is 0 Å². The van der Waals surface area contributed by atoms with E-state index in [4.69, 9.17) is 9.40 Å². The van der Waals surface area contributed by atoms with Gasteiger partial charge in [0, 0.05) is 27.6 Å². The number of aromatic nitrogens is 2. The van der Waals surface area contributed by atoms with Crippen molar-refractivity contribution in [1.29, 1.82) is 0 Å². The Hall–Kier alpha value is -6.19. The number of fused-ring (bicyclic) bond motifs is 5. The van der Waals surface area contributed by atoms with Gasteiger partial charge < -0.3 is 8.98 Å². The monoisotopic (exact) mass is 588 g/mol. The van der Waals surface area contributed by atoms with Gasteiger partial charge in [0.25, 0.3) is 0 Å². The number of nitrogens with zero attached hydrogens (tertiary/aromatic N) is 2. The first-order chi connectivity index (χ1) is 22.8. The Morgan fingerprint density at radius 1 is 0.435 bits per heavy atom. The molecule has 0 aliphatic carbocycles. The minimum atomic E-state index is 0.926. The Balaban J connectivity index is 1.15. The summed E-state index contributed by atoms with van der Waals surface area (Å²) in [5.74, 6) is 0. The molecule has 0 amide bonds. The molecule has 3 nitrogen and oxygen atoms in total. The Bertz CT molecular complexity index is 2490. The van der Waals surface area contributed by atoms with Crippen LogP contribution in [0.5, 0.6) is 0 Å². The van der Waals surface area contributed by atoms with Gasteiger partial charge in [-0.3, -0.25) is 0 Å². The van der Waals surface area contributed by atoms with Crippen LogP contribution in [0.2, 0.25) is 0 Å². The number of benzene rings is 6. The van der Waals surface area contributed by atoms with Gasteiger partial charge in [-0.05, 0) is 70.8 Å². The molecular formula is C43H28N2O. The van der Waals surface area contributed by atoms with Gasteiger partial charge in [-0.15, -0.1) is 0 Å². The third-order valence-electron chi connectivity index (χ3n) is 8.90. The zero-order valence-corrected chi connectivity index (χ0v) is 25.0. The average molecular weight is 589 g/mol. The van der Waals surface area contributed by atoms with Gasteiger partial charge >= 0.3 is 0 Å². The summed E-state index contributed by atoms with van der Waals surface area (Å²) in [6.45, 7) is 0. The van der Waals surface area contributed by atoms with E-state index in [-0.39, 0.29) is 0 Å². The van der Waals surface area contributed by atoms with Crippen molar-refractivity contribution in [3.05, 3.63) is 170 Å². The quantitative estimate of drug-likeness (QED) is 0.200. The van der Waals surface area contributed by atoms with Gasteiger partial charge in [0.2, 0.25) is 0 Å². The van der Waals surface area contributed by atoms with Crippen molar-refractivity contribution < 1.29 is 4.42 Å². The molecule has 0 spiro atoms. The summed E-state index contributed by atoms with van der Waals surface area (Å²) in [5.41, 5.74) is 13.1. The first kappa shape index (κ1) is 26.2. The summed E-state index contributed by atoms with van der Waals surface area (Å²) in [7, 11) is 0. The van der Waals surface area contributed by atoms with Crippen LogP contribution in [0.25, 0.3) is 83.2 Å². The van der Waals surface area contributed by atoms with E-state index >= 15 is 0 Å². The third kappa shape index (κ3) is 4.41. The maximum atomic E-state index is 5.97. The molecule has 3 heterocycles. The average Bonchev–Trinajstić information content (AvgIpc) is 3.75. The Morgan fingerprint density at radius 3 is 1.72 bits per heavy atom. The highest BCUT2D eigenvalue weighted by molar-refractivity contribution is 6.19. The smallest absolute Gasteiger partial charge is 0.143 e. The zero-order chi connectivity index (χ0) is 30.5. The molecule has 9 aromatic rings. The van der Waals surface area contributed by atoms with Crippen LogP contribution < -0.4 is 0 Å². The highest BCUT2D eigenvalue weighted by Gasteiger charge is 2.16. The molecule has 0 atom stereocenters. The van der Waals surface area contributed by atoms with Crippen LogP contribution in [0, 0.1) is 0 Å². The van der Waals surface area contributed by atoms with Crippen LogP contribution in [0.1, 0.15) is 0 Å². The topological polar surface area (TPSA) is 31.0 Å². The fraction of sp³-hybridized carbons (Fsp3) is 0. The maximum Gasteiger partial charge on any atom is 0.143 e. The molecule has 0 aliphatic heterocycles. The molecule has 0 saturated heterocycles. The van der Waals surface area contributed by atoms with Crippen molar-refractivity contribution in [3.8, 4) is 50.5 Å². The largest absolute Gasteiger partial charge is 0.464 e. The lowest BCUT2D eigenvalue weighted by atomic mass is 9.97. The van der Waals surface area contributed by atoms with E-state index in [0.29, 0.717) is 0 Å². The predicted octanol–water partition coefficient (Wildman–Crippen LogP) is 11.6. The Kier molecular flexibility index (Phi) is 6.14. The molecule has 0 fully saturated rings. The number of rotatable bonds is 5. The predicted molar refractivity (Wildman–Crippen MR) is 190 cm³/mol. The Labute approximate surface area is 266 Å². The minimum absolute atomic E-state index is 0.926. The van der Waals surface area contributed by atoms with E-state index in [1.807, 2.05) is 12.1 Å². The molecule has 9 rings (SSSR count). The molecule has 46 heavy (non-hydrogen) atoms. The molecule has 3 heteroatoms. The first-order valence-electron chi connectivity index (χ1n) is 15.5. The lowest BCUT2D eigenvalue weighted by Gasteiger charge is -2.12. The van der Waals surface area contributed by atoms with Crippen molar-refractivity contribution >= 4 is 32.8 Å². The molecular weight excluding hydrogens is 560 g/mol. The van der Waals surface area contributed by atoms with E-state index in [0.717, 1.165) is 66.7 Å². The van der Waals surface area contributed by atoms with Crippen LogP contribution in [-0.4, -0.2) is 9.55 Å². The van der Waals surface area contributed by atoms with Crippen molar-refractivity contribution in [1.82, 2.24) is 9.55 Å². The van der Waals surface area contributed by atoms with Crippen molar-refractivity contribution in [2.75, 3.05) is 0 Å². The molecule has 0 aliphatic rings. The van der Waals surface area contributed by atoms with E-state index in [9.17, 15) is 0 Å². The van der Waals surface area contributed by atoms with Crippen molar-refractivity contribution in [2.45, 2.75) is 0 Å². The van der Waals surface area contributed by atoms with Gasteiger partial charge in [-0.25, -0.2) is 4.98 Å². The van der Waals surface area contributed by atoms with Gasteiger partial charge in [-0.1, -0.05) is 115 Å². The standard InChI is InChI=1S/C43H28N2O/c1-3-9-29(10-4-1)30-15-17-31(18-16-30)35-27-38(32-11-5-2-6-12-32)44-39(28-35)33-19-22-36(23-20-33)45-40-14-8-7-13-37(40)42-41(45)24-21-34-25-26-46-43(34)42/h1-28H. The van der Waals surface area contributed by atoms with E-state index in [1.54, 1.807) is 6.26 Å². The number of hydrogen-bond donors (Lipinski definition) is 0. The second-order valence-corrected chi connectivity index (χ2v) is 11.6. The van der Waals surface area contributed by atoms with Crippen molar-refractivity contribution in [3.63, 3.8) is 0 Å². The summed E-state index contributed by atoms with van der Waals surface area (Å²) in [4.78, 5) is 5.17. The van der Waals surface area contributed by atoms with Gasteiger partial charge in [0.05, 0.1) is 34.1 Å². The van der Waals surface area contributed by atoms with Crippen LogP contribution in [0.3, 0.4) is 0 Å². The maximum absolute atomic E-state index is 5.97. The Morgan fingerprint density at radius 2 is 1.00 bits per heavy atom. The summed E-state index contributed by atoms with van der Waals surface area (Å²) < 4.78 is 8.29.